The van der Waals surface area contributed by atoms with Gasteiger partial charge in [-0.1, -0.05) is 25.1 Å². The molecular formula is C15H15N3O2S. The maximum Gasteiger partial charge on any atom is 0.288 e. The summed E-state index contributed by atoms with van der Waals surface area (Å²) in [7, 11) is 0. The zero-order valence-corrected chi connectivity index (χ0v) is 12.3. The summed E-state index contributed by atoms with van der Waals surface area (Å²) in [5, 5.41) is 0. The molecule has 2 aromatic rings. The molecule has 0 saturated carbocycles. The van der Waals surface area contributed by atoms with Gasteiger partial charge in [0.25, 0.3) is 11.8 Å². The van der Waals surface area contributed by atoms with Crippen molar-refractivity contribution < 1.29 is 9.59 Å². The van der Waals surface area contributed by atoms with E-state index in [2.05, 4.69) is 15.8 Å². The molecule has 0 bridgehead atoms. The van der Waals surface area contributed by atoms with Crippen LogP contribution in [0.15, 0.2) is 53.6 Å². The van der Waals surface area contributed by atoms with E-state index in [4.69, 9.17) is 0 Å². The highest BCUT2D eigenvalue weighted by atomic mass is 32.2. The Morgan fingerprint density at radius 2 is 1.76 bits per heavy atom. The number of hydrogen-bond donors (Lipinski definition) is 2. The summed E-state index contributed by atoms with van der Waals surface area (Å²) in [5.41, 5.74) is 5.54. The van der Waals surface area contributed by atoms with Crippen LogP contribution in [-0.4, -0.2) is 22.6 Å². The first-order valence-electron chi connectivity index (χ1n) is 6.46. The van der Waals surface area contributed by atoms with E-state index in [0.717, 1.165) is 10.6 Å². The van der Waals surface area contributed by atoms with Crippen LogP contribution in [0.3, 0.4) is 0 Å². The van der Waals surface area contributed by atoms with Crippen LogP contribution >= 0.6 is 11.8 Å². The zero-order chi connectivity index (χ0) is 15.1. The maximum atomic E-state index is 12.1. The van der Waals surface area contributed by atoms with E-state index in [0.29, 0.717) is 5.56 Å². The van der Waals surface area contributed by atoms with Crippen LogP contribution in [0.5, 0.6) is 0 Å². The van der Waals surface area contributed by atoms with Crippen LogP contribution in [0.1, 0.15) is 27.8 Å². The fourth-order valence-electron chi connectivity index (χ4n) is 1.68. The van der Waals surface area contributed by atoms with E-state index in [-0.39, 0.29) is 11.6 Å². The lowest BCUT2D eigenvalue weighted by Crippen LogP contribution is -2.42. The number of thioether (sulfide) groups is 1. The van der Waals surface area contributed by atoms with Crippen LogP contribution < -0.4 is 10.9 Å². The van der Waals surface area contributed by atoms with E-state index in [1.165, 1.54) is 6.20 Å². The summed E-state index contributed by atoms with van der Waals surface area (Å²) >= 11 is 1.57. The first-order chi connectivity index (χ1) is 10.2. The number of nitrogens with one attached hydrogen (secondary N) is 2. The molecule has 0 spiro atoms. The van der Waals surface area contributed by atoms with Crippen molar-refractivity contribution >= 4 is 23.6 Å². The quantitative estimate of drug-likeness (QED) is 0.671. The van der Waals surface area contributed by atoms with Crippen molar-refractivity contribution in [1.29, 1.82) is 0 Å². The normalized spacial score (nSPS) is 9.95. The second-order valence-electron chi connectivity index (χ2n) is 4.05. The van der Waals surface area contributed by atoms with Crippen molar-refractivity contribution in [3.63, 3.8) is 0 Å². The summed E-state index contributed by atoms with van der Waals surface area (Å²) in [6.45, 7) is 2.02. The number of nitrogens with zero attached hydrogens (tertiary/aromatic N) is 1. The number of benzene rings is 1. The SMILES string of the molecule is CCSc1ccccc1C(=O)NNC(=O)c1ccccn1. The molecule has 5 nitrogen and oxygen atoms in total. The Balaban J connectivity index is 2.01. The fourth-order valence-corrected chi connectivity index (χ4v) is 2.48. The molecule has 21 heavy (non-hydrogen) atoms. The van der Waals surface area contributed by atoms with Crippen LogP contribution in [0.4, 0.5) is 0 Å². The molecule has 0 aliphatic heterocycles. The number of carbonyl (C=O) groups is 2. The Bertz CT molecular complexity index is 632. The molecule has 0 radical (unpaired) electrons. The van der Waals surface area contributed by atoms with Gasteiger partial charge in [0, 0.05) is 11.1 Å². The third kappa shape index (κ3) is 4.06. The van der Waals surface area contributed by atoms with Crippen molar-refractivity contribution in [2.24, 2.45) is 0 Å². The number of rotatable bonds is 4. The Hall–Kier alpha value is -2.34. The van der Waals surface area contributed by atoms with Crippen LogP contribution in [-0.2, 0) is 0 Å². The summed E-state index contributed by atoms with van der Waals surface area (Å²) in [6, 6.07) is 12.3. The van der Waals surface area contributed by atoms with Crippen molar-refractivity contribution in [1.82, 2.24) is 15.8 Å². The molecule has 0 saturated heterocycles. The van der Waals surface area contributed by atoms with Crippen molar-refractivity contribution in [2.45, 2.75) is 11.8 Å². The van der Waals surface area contributed by atoms with Gasteiger partial charge in [-0.3, -0.25) is 25.4 Å². The molecule has 2 amide bonds. The molecule has 0 aliphatic rings. The van der Waals surface area contributed by atoms with Gasteiger partial charge in [-0.05, 0) is 30.0 Å². The number of hydrazine groups is 1. The molecule has 0 unspecified atom stereocenters. The topological polar surface area (TPSA) is 71.1 Å². The molecular weight excluding hydrogens is 286 g/mol. The van der Waals surface area contributed by atoms with Gasteiger partial charge in [0.05, 0.1) is 5.56 Å². The average molecular weight is 301 g/mol. The lowest BCUT2D eigenvalue weighted by atomic mass is 10.2. The molecule has 0 fully saturated rings. The Morgan fingerprint density at radius 3 is 2.48 bits per heavy atom. The van der Waals surface area contributed by atoms with E-state index < -0.39 is 5.91 Å². The Morgan fingerprint density at radius 1 is 1.05 bits per heavy atom. The second-order valence-corrected chi connectivity index (χ2v) is 5.36. The molecule has 0 aliphatic carbocycles. The molecule has 2 rings (SSSR count). The van der Waals surface area contributed by atoms with Gasteiger partial charge in [-0.25, -0.2) is 0 Å². The predicted molar refractivity (Wildman–Crippen MR) is 82.0 cm³/mol. The molecule has 108 valence electrons. The van der Waals surface area contributed by atoms with Crippen LogP contribution in [0.2, 0.25) is 0 Å². The highest BCUT2D eigenvalue weighted by Gasteiger charge is 2.12. The lowest BCUT2D eigenvalue weighted by molar-refractivity contribution is 0.0842. The van der Waals surface area contributed by atoms with E-state index in [9.17, 15) is 9.59 Å². The summed E-state index contributed by atoms with van der Waals surface area (Å²) in [4.78, 5) is 28.7. The molecule has 2 N–H and O–H groups in total. The minimum atomic E-state index is -0.454. The Labute approximate surface area is 127 Å². The van der Waals surface area contributed by atoms with E-state index in [1.807, 2.05) is 19.1 Å². The molecule has 1 aromatic heterocycles. The molecule has 0 atom stereocenters. The van der Waals surface area contributed by atoms with E-state index in [1.54, 1.807) is 42.1 Å². The van der Waals surface area contributed by atoms with Gasteiger partial charge in [0.2, 0.25) is 0 Å². The maximum absolute atomic E-state index is 12.1. The number of pyridine rings is 1. The second kappa shape index (κ2) is 7.44. The highest BCUT2D eigenvalue weighted by Crippen LogP contribution is 2.21. The average Bonchev–Trinajstić information content (AvgIpc) is 2.54. The van der Waals surface area contributed by atoms with Gasteiger partial charge in [0.15, 0.2) is 0 Å². The number of aromatic nitrogens is 1. The van der Waals surface area contributed by atoms with Gasteiger partial charge >= 0.3 is 0 Å². The third-order valence-corrected chi connectivity index (χ3v) is 3.57. The number of hydrogen-bond acceptors (Lipinski definition) is 4. The first kappa shape index (κ1) is 15.1. The first-order valence-corrected chi connectivity index (χ1v) is 7.44. The minimum Gasteiger partial charge on any atom is -0.267 e. The highest BCUT2D eigenvalue weighted by molar-refractivity contribution is 7.99. The number of amides is 2. The van der Waals surface area contributed by atoms with E-state index >= 15 is 0 Å². The van der Waals surface area contributed by atoms with Gasteiger partial charge in [-0.2, -0.15) is 0 Å². The fraction of sp³-hybridized carbons (Fsp3) is 0.133. The zero-order valence-electron chi connectivity index (χ0n) is 11.5. The van der Waals surface area contributed by atoms with Gasteiger partial charge in [-0.15, -0.1) is 11.8 Å². The minimum absolute atomic E-state index is 0.244. The largest absolute Gasteiger partial charge is 0.288 e. The van der Waals surface area contributed by atoms with Crippen LogP contribution in [0, 0.1) is 0 Å². The smallest absolute Gasteiger partial charge is 0.267 e. The van der Waals surface area contributed by atoms with Crippen molar-refractivity contribution in [3.8, 4) is 0 Å². The van der Waals surface area contributed by atoms with Gasteiger partial charge < -0.3 is 0 Å². The summed E-state index contributed by atoms with van der Waals surface area (Å²) in [6.07, 6.45) is 1.52. The number of carbonyl (C=O) groups excluding carboxylic acids is 2. The standard InChI is InChI=1S/C15H15N3O2S/c1-2-21-13-9-4-3-7-11(13)14(19)17-18-15(20)12-8-5-6-10-16-12/h3-10H,2H2,1H3,(H,17,19)(H,18,20). The Kier molecular flexibility index (Phi) is 5.34. The predicted octanol–water partition coefficient (Wildman–Crippen LogP) is 2.27. The molecule has 6 heteroatoms. The molecule has 1 heterocycles. The third-order valence-electron chi connectivity index (χ3n) is 2.62. The summed E-state index contributed by atoms with van der Waals surface area (Å²) in [5.74, 6) is 0.0605. The summed E-state index contributed by atoms with van der Waals surface area (Å²) < 4.78 is 0. The molecule has 1 aromatic carbocycles. The van der Waals surface area contributed by atoms with Crippen LogP contribution in [0.25, 0.3) is 0 Å². The van der Waals surface area contributed by atoms with Crippen molar-refractivity contribution in [2.75, 3.05) is 5.75 Å². The van der Waals surface area contributed by atoms with Gasteiger partial charge in [0.1, 0.15) is 5.69 Å². The monoisotopic (exact) mass is 301 g/mol. The van der Waals surface area contributed by atoms with Crippen molar-refractivity contribution in [3.05, 3.63) is 59.9 Å². The lowest BCUT2D eigenvalue weighted by Gasteiger charge is -2.10.